The third kappa shape index (κ3) is 2.92. The van der Waals surface area contributed by atoms with Gasteiger partial charge in [0.25, 0.3) is 0 Å². The molecule has 0 radical (unpaired) electrons. The van der Waals surface area contributed by atoms with E-state index in [1.54, 1.807) is 38.1 Å². The lowest BCUT2D eigenvalue weighted by atomic mass is 9.91. The minimum Gasteiger partial charge on any atom is -0.493 e. The van der Waals surface area contributed by atoms with Gasteiger partial charge in [-0.05, 0) is 32.9 Å². The van der Waals surface area contributed by atoms with E-state index in [0.29, 0.717) is 50.9 Å². The standard InChI is InChI=1S/C20H19ClO5/c1-4-25-18-11(3)19-14(8-13(18)10(2)20(23)24)17(22)12-6-5-7-16(21)15(12)9-26-19/h5-8,10H,4,9H2,1-3H3,(H,23,24). The van der Waals surface area contributed by atoms with Gasteiger partial charge >= 0.3 is 5.97 Å². The molecule has 0 spiro atoms. The second kappa shape index (κ2) is 7.00. The van der Waals surface area contributed by atoms with Crippen molar-refractivity contribution in [3.63, 3.8) is 0 Å². The summed E-state index contributed by atoms with van der Waals surface area (Å²) in [6, 6.07) is 6.70. The molecule has 1 heterocycles. The molecule has 26 heavy (non-hydrogen) atoms. The van der Waals surface area contributed by atoms with Crippen LogP contribution in [-0.2, 0) is 11.4 Å². The van der Waals surface area contributed by atoms with E-state index in [1.807, 2.05) is 6.92 Å². The molecule has 1 aliphatic rings. The number of rotatable bonds is 4. The predicted molar refractivity (Wildman–Crippen MR) is 97.6 cm³/mol. The largest absolute Gasteiger partial charge is 0.493 e. The number of hydrogen-bond donors (Lipinski definition) is 1. The summed E-state index contributed by atoms with van der Waals surface area (Å²) in [5.41, 5.74) is 2.49. The van der Waals surface area contributed by atoms with E-state index >= 15 is 0 Å². The van der Waals surface area contributed by atoms with Gasteiger partial charge in [0, 0.05) is 27.3 Å². The topological polar surface area (TPSA) is 72.8 Å². The summed E-state index contributed by atoms with van der Waals surface area (Å²) in [5.74, 6) is -1.19. The van der Waals surface area contributed by atoms with E-state index in [-0.39, 0.29) is 12.4 Å². The van der Waals surface area contributed by atoms with Gasteiger partial charge in [-0.25, -0.2) is 0 Å². The molecule has 1 unspecified atom stereocenters. The number of carboxylic acid groups (broad SMARTS) is 1. The van der Waals surface area contributed by atoms with Crippen molar-refractivity contribution in [1.29, 1.82) is 0 Å². The molecule has 3 rings (SSSR count). The van der Waals surface area contributed by atoms with Crippen LogP contribution >= 0.6 is 11.6 Å². The molecule has 0 fully saturated rings. The first-order chi connectivity index (χ1) is 12.4. The van der Waals surface area contributed by atoms with Crippen LogP contribution in [0.4, 0.5) is 0 Å². The number of carbonyl (C=O) groups excluding carboxylic acids is 1. The third-order valence-electron chi connectivity index (χ3n) is 4.58. The summed E-state index contributed by atoms with van der Waals surface area (Å²) in [6.07, 6.45) is 0. The lowest BCUT2D eigenvalue weighted by molar-refractivity contribution is -0.138. The van der Waals surface area contributed by atoms with Crippen LogP contribution in [0.1, 0.15) is 52.4 Å². The SMILES string of the molecule is CCOc1c(C(C)C(=O)O)cc2c(c1C)OCc1c(Cl)cccc1C2=O. The Morgan fingerprint density at radius 3 is 2.77 bits per heavy atom. The Labute approximate surface area is 156 Å². The van der Waals surface area contributed by atoms with E-state index < -0.39 is 11.9 Å². The molecular formula is C20H19ClO5. The maximum atomic E-state index is 13.1. The zero-order chi connectivity index (χ0) is 19.0. The van der Waals surface area contributed by atoms with Gasteiger partial charge in [0.05, 0.1) is 18.1 Å². The minimum atomic E-state index is -0.990. The first-order valence-electron chi connectivity index (χ1n) is 8.34. The third-order valence-corrected chi connectivity index (χ3v) is 4.94. The number of carboxylic acids is 1. The number of halogens is 1. The van der Waals surface area contributed by atoms with E-state index in [0.717, 1.165) is 0 Å². The van der Waals surface area contributed by atoms with Crippen LogP contribution in [0.3, 0.4) is 0 Å². The fraction of sp³-hybridized carbons (Fsp3) is 0.300. The maximum absolute atomic E-state index is 13.1. The normalized spacial score (nSPS) is 13.9. The van der Waals surface area contributed by atoms with Crippen LogP contribution in [0.15, 0.2) is 24.3 Å². The van der Waals surface area contributed by atoms with Gasteiger partial charge in [-0.2, -0.15) is 0 Å². The minimum absolute atomic E-state index is 0.161. The van der Waals surface area contributed by atoms with Crippen molar-refractivity contribution >= 4 is 23.4 Å². The maximum Gasteiger partial charge on any atom is 0.310 e. The van der Waals surface area contributed by atoms with E-state index in [4.69, 9.17) is 21.1 Å². The molecule has 0 amide bonds. The Morgan fingerprint density at radius 1 is 1.38 bits per heavy atom. The summed E-state index contributed by atoms with van der Waals surface area (Å²) < 4.78 is 11.6. The summed E-state index contributed by atoms with van der Waals surface area (Å²) >= 11 is 6.23. The van der Waals surface area contributed by atoms with Gasteiger partial charge in [0.2, 0.25) is 0 Å². The Balaban J connectivity index is 2.26. The van der Waals surface area contributed by atoms with E-state index in [1.165, 1.54) is 0 Å². The quantitative estimate of drug-likeness (QED) is 0.860. The number of benzene rings is 2. The molecule has 0 saturated carbocycles. The van der Waals surface area contributed by atoms with Crippen LogP contribution in [-0.4, -0.2) is 23.5 Å². The van der Waals surface area contributed by atoms with Gasteiger partial charge in [0.15, 0.2) is 5.78 Å². The van der Waals surface area contributed by atoms with Crippen LogP contribution in [0.25, 0.3) is 0 Å². The van der Waals surface area contributed by atoms with E-state index in [2.05, 4.69) is 0 Å². The number of hydrogen-bond acceptors (Lipinski definition) is 4. The van der Waals surface area contributed by atoms with Crippen molar-refractivity contribution in [1.82, 2.24) is 0 Å². The number of ether oxygens (including phenoxy) is 2. The van der Waals surface area contributed by atoms with Gasteiger partial charge in [0.1, 0.15) is 18.1 Å². The highest BCUT2D eigenvalue weighted by Gasteiger charge is 2.30. The van der Waals surface area contributed by atoms with Crippen molar-refractivity contribution in [2.24, 2.45) is 0 Å². The van der Waals surface area contributed by atoms with Crippen molar-refractivity contribution < 1.29 is 24.2 Å². The highest BCUT2D eigenvalue weighted by atomic mass is 35.5. The Kier molecular flexibility index (Phi) is 4.92. The van der Waals surface area contributed by atoms with Crippen molar-refractivity contribution in [3.05, 3.63) is 57.1 Å². The first kappa shape index (κ1) is 18.3. The van der Waals surface area contributed by atoms with Gasteiger partial charge in [-0.15, -0.1) is 0 Å². The lowest BCUT2D eigenvalue weighted by Crippen LogP contribution is -2.13. The number of ketones is 1. The molecule has 2 aromatic carbocycles. The second-order valence-electron chi connectivity index (χ2n) is 6.17. The average Bonchev–Trinajstić information content (AvgIpc) is 2.75. The average molecular weight is 375 g/mol. The molecule has 1 N–H and O–H groups in total. The first-order valence-corrected chi connectivity index (χ1v) is 8.72. The van der Waals surface area contributed by atoms with Crippen LogP contribution in [0.2, 0.25) is 5.02 Å². The molecule has 0 aliphatic carbocycles. The molecule has 1 atom stereocenters. The summed E-state index contributed by atoms with van der Waals surface area (Å²) in [5, 5.41) is 9.91. The molecule has 0 aromatic heterocycles. The highest BCUT2D eigenvalue weighted by Crippen LogP contribution is 2.42. The van der Waals surface area contributed by atoms with Crippen molar-refractivity contribution in [2.75, 3.05) is 6.61 Å². The summed E-state index contributed by atoms with van der Waals surface area (Å²) in [6.45, 7) is 5.69. The summed E-state index contributed by atoms with van der Waals surface area (Å²) in [7, 11) is 0. The molecule has 2 aromatic rings. The molecule has 1 aliphatic heterocycles. The van der Waals surface area contributed by atoms with Gasteiger partial charge in [-0.1, -0.05) is 23.7 Å². The van der Waals surface area contributed by atoms with Gasteiger partial charge < -0.3 is 14.6 Å². The molecule has 5 nitrogen and oxygen atoms in total. The second-order valence-corrected chi connectivity index (χ2v) is 6.58. The fourth-order valence-corrected chi connectivity index (χ4v) is 3.39. The zero-order valence-corrected chi connectivity index (χ0v) is 15.5. The number of carbonyl (C=O) groups is 2. The Morgan fingerprint density at radius 2 is 2.12 bits per heavy atom. The molecule has 0 saturated heterocycles. The highest BCUT2D eigenvalue weighted by molar-refractivity contribution is 6.32. The fourth-order valence-electron chi connectivity index (χ4n) is 3.16. The van der Waals surface area contributed by atoms with Crippen molar-refractivity contribution in [3.8, 4) is 11.5 Å². The lowest BCUT2D eigenvalue weighted by Gasteiger charge is -2.20. The summed E-state index contributed by atoms with van der Waals surface area (Å²) in [4.78, 5) is 24.7. The smallest absolute Gasteiger partial charge is 0.310 e. The Hall–Kier alpha value is -2.53. The van der Waals surface area contributed by atoms with Crippen LogP contribution in [0, 0.1) is 6.92 Å². The zero-order valence-electron chi connectivity index (χ0n) is 14.8. The Bertz CT molecular complexity index is 904. The van der Waals surface area contributed by atoms with Crippen molar-refractivity contribution in [2.45, 2.75) is 33.3 Å². The number of fused-ring (bicyclic) bond motifs is 2. The van der Waals surface area contributed by atoms with Gasteiger partial charge in [-0.3, -0.25) is 9.59 Å². The predicted octanol–water partition coefficient (Wildman–Crippen LogP) is 4.36. The van der Waals surface area contributed by atoms with E-state index in [9.17, 15) is 14.7 Å². The van der Waals surface area contributed by atoms with Crippen LogP contribution in [0.5, 0.6) is 11.5 Å². The molecule has 6 heteroatoms. The molecule has 0 bridgehead atoms. The molecule has 136 valence electrons. The molecular weight excluding hydrogens is 356 g/mol. The van der Waals surface area contributed by atoms with Crippen LogP contribution < -0.4 is 9.47 Å². The monoisotopic (exact) mass is 374 g/mol. The number of aliphatic carboxylic acids is 1.